The number of anilines is 1. The zero-order valence-corrected chi connectivity index (χ0v) is 14.5. The lowest BCUT2D eigenvalue weighted by molar-refractivity contribution is -0.153. The molecule has 0 saturated heterocycles. The molecule has 0 fully saturated rings. The van der Waals surface area contributed by atoms with Gasteiger partial charge in [0.25, 0.3) is 10.0 Å². The number of sulfonamides is 1. The first-order valence-corrected chi connectivity index (χ1v) is 8.76. The van der Waals surface area contributed by atoms with Crippen molar-refractivity contribution in [1.29, 1.82) is 0 Å². The molecule has 2 aromatic carbocycles. The first-order valence-electron chi connectivity index (χ1n) is 6.90. The van der Waals surface area contributed by atoms with E-state index in [0.717, 1.165) is 24.3 Å². The van der Waals surface area contributed by atoms with Gasteiger partial charge in [0.2, 0.25) is 5.91 Å². The van der Waals surface area contributed by atoms with Crippen molar-refractivity contribution in [2.45, 2.75) is 11.1 Å². The Labute approximate surface area is 151 Å². The van der Waals surface area contributed by atoms with E-state index in [9.17, 15) is 26.4 Å². The minimum absolute atomic E-state index is 0.0890. The molecule has 0 aliphatic carbocycles. The normalized spacial score (nSPS) is 11.8. The van der Waals surface area contributed by atoms with E-state index in [2.05, 4.69) is 9.46 Å². The van der Waals surface area contributed by atoms with Gasteiger partial charge in [0, 0.05) is 10.6 Å². The van der Waals surface area contributed by atoms with E-state index >= 15 is 0 Å². The molecule has 0 radical (unpaired) electrons. The van der Waals surface area contributed by atoms with Crippen LogP contribution in [0.4, 0.5) is 18.9 Å². The molecule has 26 heavy (non-hydrogen) atoms. The van der Waals surface area contributed by atoms with Crippen molar-refractivity contribution in [2.75, 3.05) is 11.3 Å². The minimum atomic E-state index is -4.60. The Kier molecular flexibility index (Phi) is 5.67. The van der Waals surface area contributed by atoms with Gasteiger partial charge in [-0.15, -0.1) is 0 Å². The molecule has 0 saturated carbocycles. The monoisotopic (exact) mass is 408 g/mol. The van der Waals surface area contributed by atoms with Crippen molar-refractivity contribution >= 4 is 33.2 Å². The summed E-state index contributed by atoms with van der Waals surface area (Å²) >= 11 is 5.77. The van der Waals surface area contributed by atoms with E-state index in [1.807, 2.05) is 0 Å². The second-order valence-corrected chi connectivity index (χ2v) is 7.16. The van der Waals surface area contributed by atoms with Crippen LogP contribution in [0.25, 0.3) is 0 Å². The lowest BCUT2D eigenvalue weighted by Crippen LogP contribution is -2.20. The molecule has 1 amide bonds. The first-order chi connectivity index (χ1) is 12.0. The first kappa shape index (κ1) is 19.9. The maximum atomic E-state index is 12.4. The zero-order valence-electron chi connectivity index (χ0n) is 12.9. The summed E-state index contributed by atoms with van der Waals surface area (Å²) in [6, 6.07) is 8.15. The number of amides is 1. The van der Waals surface area contributed by atoms with E-state index < -0.39 is 28.7 Å². The van der Waals surface area contributed by atoms with Crippen molar-refractivity contribution in [3.05, 3.63) is 53.1 Å². The second-order valence-electron chi connectivity index (χ2n) is 5.04. The van der Waals surface area contributed by atoms with Gasteiger partial charge in [-0.1, -0.05) is 11.6 Å². The highest BCUT2D eigenvalue weighted by Gasteiger charge is 2.29. The average Bonchev–Trinajstić information content (AvgIpc) is 2.53. The Morgan fingerprint density at radius 2 is 1.77 bits per heavy atom. The molecule has 0 atom stereocenters. The number of primary amides is 1. The lowest BCUT2D eigenvalue weighted by atomic mass is 10.2. The molecule has 0 spiro atoms. The molecule has 2 aromatic rings. The van der Waals surface area contributed by atoms with Crippen LogP contribution in [0.2, 0.25) is 5.02 Å². The Balaban J connectivity index is 2.30. The molecule has 0 aliphatic heterocycles. The SMILES string of the molecule is NC(=O)c1ccc(S(=O)(=O)Nc2cc(Cl)ccc2OCC(F)(F)F)cc1. The summed E-state index contributed by atoms with van der Waals surface area (Å²) in [5.74, 6) is -1.08. The number of nitrogens with one attached hydrogen (secondary N) is 1. The Hall–Kier alpha value is -2.46. The summed E-state index contributed by atoms with van der Waals surface area (Å²) in [7, 11) is -4.17. The van der Waals surface area contributed by atoms with Crippen LogP contribution in [0.5, 0.6) is 5.75 Å². The van der Waals surface area contributed by atoms with Gasteiger partial charge in [0.1, 0.15) is 5.75 Å². The van der Waals surface area contributed by atoms with Crippen LogP contribution in [-0.4, -0.2) is 27.1 Å². The lowest BCUT2D eigenvalue weighted by Gasteiger charge is -2.15. The van der Waals surface area contributed by atoms with Crippen molar-refractivity contribution in [3.63, 3.8) is 0 Å². The van der Waals surface area contributed by atoms with Crippen molar-refractivity contribution in [2.24, 2.45) is 5.73 Å². The van der Waals surface area contributed by atoms with Gasteiger partial charge in [-0.2, -0.15) is 13.2 Å². The molecule has 2 rings (SSSR count). The fraction of sp³-hybridized carbons (Fsp3) is 0.133. The zero-order chi connectivity index (χ0) is 19.5. The topological polar surface area (TPSA) is 98.5 Å². The number of carbonyl (C=O) groups excluding carboxylic acids is 1. The highest BCUT2D eigenvalue weighted by molar-refractivity contribution is 7.92. The fourth-order valence-electron chi connectivity index (χ4n) is 1.87. The van der Waals surface area contributed by atoms with Gasteiger partial charge in [-0.05, 0) is 42.5 Å². The number of carbonyl (C=O) groups is 1. The Morgan fingerprint density at radius 3 is 2.31 bits per heavy atom. The molecule has 6 nitrogen and oxygen atoms in total. The molecular weight excluding hydrogens is 397 g/mol. The average molecular weight is 409 g/mol. The molecule has 0 aromatic heterocycles. The summed E-state index contributed by atoms with van der Waals surface area (Å²) in [5, 5.41) is 0.0890. The largest absolute Gasteiger partial charge is 0.482 e. The van der Waals surface area contributed by atoms with E-state index in [4.69, 9.17) is 17.3 Å². The van der Waals surface area contributed by atoms with Gasteiger partial charge < -0.3 is 10.5 Å². The van der Waals surface area contributed by atoms with E-state index in [-0.39, 0.29) is 26.9 Å². The van der Waals surface area contributed by atoms with Gasteiger partial charge in [-0.25, -0.2) is 8.42 Å². The molecule has 3 N–H and O–H groups in total. The highest BCUT2D eigenvalue weighted by Crippen LogP contribution is 2.31. The number of hydrogen-bond donors (Lipinski definition) is 2. The van der Waals surface area contributed by atoms with Crippen LogP contribution in [0.3, 0.4) is 0 Å². The van der Waals surface area contributed by atoms with E-state index in [1.54, 1.807) is 0 Å². The van der Waals surface area contributed by atoms with Crippen molar-refractivity contribution in [3.8, 4) is 5.75 Å². The number of halogens is 4. The number of hydrogen-bond acceptors (Lipinski definition) is 4. The number of ether oxygens (including phenoxy) is 1. The van der Waals surface area contributed by atoms with Crippen LogP contribution in [0.15, 0.2) is 47.4 Å². The fourth-order valence-corrected chi connectivity index (χ4v) is 3.10. The molecule has 140 valence electrons. The third-order valence-corrected chi connectivity index (χ3v) is 4.64. The van der Waals surface area contributed by atoms with Crippen LogP contribution in [-0.2, 0) is 10.0 Å². The highest BCUT2D eigenvalue weighted by atomic mass is 35.5. The predicted molar refractivity (Wildman–Crippen MR) is 88.8 cm³/mol. The molecule has 0 unspecified atom stereocenters. The summed E-state index contributed by atoms with van der Waals surface area (Å²) in [4.78, 5) is 10.8. The Bertz CT molecular complexity index is 915. The van der Waals surface area contributed by atoms with Crippen LogP contribution < -0.4 is 15.2 Å². The van der Waals surface area contributed by atoms with Gasteiger partial charge >= 0.3 is 6.18 Å². The smallest absolute Gasteiger partial charge is 0.422 e. The van der Waals surface area contributed by atoms with Gasteiger partial charge in [0.05, 0.1) is 10.6 Å². The summed E-state index contributed by atoms with van der Waals surface area (Å²) < 4.78 is 68.5. The number of rotatable bonds is 6. The molecule has 11 heteroatoms. The van der Waals surface area contributed by atoms with E-state index in [0.29, 0.717) is 0 Å². The van der Waals surface area contributed by atoms with Gasteiger partial charge in [0.15, 0.2) is 6.61 Å². The van der Waals surface area contributed by atoms with Crippen molar-refractivity contribution < 1.29 is 31.1 Å². The maximum absolute atomic E-state index is 12.4. The van der Waals surface area contributed by atoms with Crippen LogP contribution in [0.1, 0.15) is 10.4 Å². The summed E-state index contributed by atoms with van der Waals surface area (Å²) in [5.41, 5.74) is 4.91. The van der Waals surface area contributed by atoms with E-state index in [1.165, 1.54) is 18.2 Å². The molecule has 0 bridgehead atoms. The second kappa shape index (κ2) is 7.42. The third kappa shape index (κ3) is 5.27. The summed E-state index contributed by atoms with van der Waals surface area (Å²) in [6.07, 6.45) is -4.60. The minimum Gasteiger partial charge on any atom is -0.482 e. The third-order valence-electron chi connectivity index (χ3n) is 3.03. The molecule has 0 heterocycles. The molecular formula is C15H12ClF3N2O4S. The van der Waals surface area contributed by atoms with Crippen molar-refractivity contribution in [1.82, 2.24) is 0 Å². The predicted octanol–water partition coefficient (Wildman–Crippen LogP) is 3.18. The number of nitrogens with two attached hydrogens (primary N) is 1. The quantitative estimate of drug-likeness (QED) is 0.766. The summed E-state index contributed by atoms with van der Waals surface area (Å²) in [6.45, 7) is -1.60. The number of benzene rings is 2. The number of alkyl halides is 3. The standard InChI is InChI=1S/C15H12ClF3N2O4S/c16-10-3-6-13(25-8-15(17,18)19)12(7-10)21-26(23,24)11-4-1-9(2-5-11)14(20)22/h1-7,21H,8H2,(H2,20,22). The van der Waals surface area contributed by atoms with Crippen LogP contribution in [0, 0.1) is 0 Å². The molecule has 0 aliphatic rings. The maximum Gasteiger partial charge on any atom is 0.422 e. The van der Waals surface area contributed by atoms with Gasteiger partial charge in [-0.3, -0.25) is 9.52 Å². The Morgan fingerprint density at radius 1 is 1.15 bits per heavy atom. The van der Waals surface area contributed by atoms with Crippen LogP contribution >= 0.6 is 11.6 Å².